The molecule has 0 fully saturated rings. The first kappa shape index (κ1) is 11.6. The Kier molecular flexibility index (Phi) is 3.21. The summed E-state index contributed by atoms with van der Waals surface area (Å²) in [6.07, 6.45) is 0. The van der Waals surface area contributed by atoms with Gasteiger partial charge in [0.05, 0.1) is 15.2 Å². The molecule has 18 heavy (non-hydrogen) atoms. The average Bonchev–Trinajstić information content (AvgIpc) is 2.99. The number of nitrogens with zero attached hydrogens (tertiary/aromatic N) is 4. The van der Waals surface area contributed by atoms with E-state index in [9.17, 15) is 0 Å². The van der Waals surface area contributed by atoms with E-state index in [0.717, 1.165) is 14.5 Å². The number of benzene rings is 1. The Morgan fingerprint density at radius 3 is 2.67 bits per heavy atom. The van der Waals surface area contributed by atoms with Gasteiger partial charge in [0, 0.05) is 0 Å². The van der Waals surface area contributed by atoms with Crippen LogP contribution < -0.4 is 0 Å². The molecule has 0 aliphatic heterocycles. The highest BCUT2D eigenvalue weighted by atomic mass is 79.9. The normalized spacial score (nSPS) is 10.7. The van der Waals surface area contributed by atoms with Crippen molar-refractivity contribution in [2.24, 2.45) is 0 Å². The molecular formula is C12H9BrN4S. The van der Waals surface area contributed by atoms with Gasteiger partial charge in [-0.2, -0.15) is 0 Å². The molecule has 3 aromatic rings. The summed E-state index contributed by atoms with van der Waals surface area (Å²) in [5.41, 5.74) is 1.18. The van der Waals surface area contributed by atoms with Gasteiger partial charge in [-0.1, -0.05) is 30.3 Å². The van der Waals surface area contributed by atoms with Crippen molar-refractivity contribution >= 4 is 27.3 Å². The molecular weight excluding hydrogens is 312 g/mol. The van der Waals surface area contributed by atoms with Crippen molar-refractivity contribution in [3.8, 4) is 10.7 Å². The molecule has 0 atom stereocenters. The van der Waals surface area contributed by atoms with E-state index in [4.69, 9.17) is 0 Å². The van der Waals surface area contributed by atoms with Crippen LogP contribution in [0.1, 0.15) is 5.56 Å². The fourth-order valence-electron chi connectivity index (χ4n) is 1.68. The molecule has 4 nitrogen and oxygen atoms in total. The first-order chi connectivity index (χ1) is 8.83. The van der Waals surface area contributed by atoms with Crippen LogP contribution in [0.15, 0.2) is 46.3 Å². The molecule has 90 valence electrons. The van der Waals surface area contributed by atoms with Gasteiger partial charge in [0.2, 0.25) is 0 Å². The van der Waals surface area contributed by atoms with Crippen LogP contribution in [-0.2, 0) is 6.54 Å². The maximum Gasteiger partial charge on any atom is 0.192 e. The Hall–Kier alpha value is -1.53. The third-order valence-electron chi connectivity index (χ3n) is 2.50. The van der Waals surface area contributed by atoms with Crippen molar-refractivity contribution in [2.45, 2.75) is 6.54 Å². The summed E-state index contributed by atoms with van der Waals surface area (Å²) in [7, 11) is 0. The van der Waals surface area contributed by atoms with Crippen molar-refractivity contribution in [1.82, 2.24) is 20.2 Å². The average molecular weight is 321 g/mol. The lowest BCUT2D eigenvalue weighted by Crippen LogP contribution is -2.03. The molecule has 3 rings (SSSR count). The monoisotopic (exact) mass is 320 g/mol. The van der Waals surface area contributed by atoms with Crippen molar-refractivity contribution < 1.29 is 0 Å². The number of hydrogen-bond acceptors (Lipinski definition) is 4. The third kappa shape index (κ3) is 2.34. The number of halogens is 1. The van der Waals surface area contributed by atoms with Gasteiger partial charge in [-0.3, -0.25) is 0 Å². The Morgan fingerprint density at radius 2 is 1.94 bits per heavy atom. The van der Waals surface area contributed by atoms with E-state index in [1.54, 1.807) is 11.3 Å². The molecule has 0 radical (unpaired) electrons. The fourth-order valence-corrected chi connectivity index (χ4v) is 3.05. The van der Waals surface area contributed by atoms with Crippen molar-refractivity contribution in [3.63, 3.8) is 0 Å². The molecule has 0 amide bonds. The summed E-state index contributed by atoms with van der Waals surface area (Å²) in [5.74, 6) is 0.801. The number of aromatic nitrogens is 4. The second-order valence-electron chi connectivity index (χ2n) is 3.75. The minimum absolute atomic E-state index is 0.679. The Morgan fingerprint density at radius 1 is 1.11 bits per heavy atom. The molecule has 0 aliphatic rings. The van der Waals surface area contributed by atoms with E-state index in [2.05, 4.69) is 43.6 Å². The Bertz CT molecular complexity index is 647. The first-order valence-electron chi connectivity index (χ1n) is 5.39. The van der Waals surface area contributed by atoms with Crippen LogP contribution in [0.5, 0.6) is 0 Å². The molecule has 1 aromatic carbocycles. The summed E-state index contributed by atoms with van der Waals surface area (Å²) in [6.45, 7) is 0.679. The van der Waals surface area contributed by atoms with E-state index in [1.807, 2.05) is 35.0 Å². The molecule has 2 heterocycles. The number of tetrazole rings is 1. The number of rotatable bonds is 3. The van der Waals surface area contributed by atoms with E-state index >= 15 is 0 Å². The largest absolute Gasteiger partial charge is 0.220 e. The van der Waals surface area contributed by atoms with Gasteiger partial charge in [0.15, 0.2) is 5.82 Å². The predicted octanol–water partition coefficient (Wildman–Crippen LogP) is 3.21. The second-order valence-corrected chi connectivity index (χ2v) is 6.21. The van der Waals surface area contributed by atoms with E-state index in [1.165, 1.54) is 5.56 Å². The Labute approximate surface area is 116 Å². The van der Waals surface area contributed by atoms with Gasteiger partial charge in [-0.15, -0.1) is 16.4 Å². The third-order valence-corrected chi connectivity index (χ3v) is 4.12. The lowest BCUT2D eigenvalue weighted by molar-refractivity contribution is 0.654. The molecule has 0 N–H and O–H groups in total. The molecule has 0 unspecified atom stereocenters. The molecule has 2 aromatic heterocycles. The smallest absolute Gasteiger partial charge is 0.192 e. The van der Waals surface area contributed by atoms with Crippen molar-refractivity contribution in [2.75, 3.05) is 0 Å². The van der Waals surface area contributed by atoms with Gasteiger partial charge in [-0.05, 0) is 44.1 Å². The maximum atomic E-state index is 4.09. The zero-order valence-corrected chi connectivity index (χ0v) is 11.7. The Balaban J connectivity index is 1.93. The molecule has 6 heteroatoms. The standard InChI is InChI=1S/C12H9BrN4S/c13-11-7-6-10(18-11)12-14-15-16-17(12)8-9-4-2-1-3-5-9/h1-7H,8H2. The maximum absolute atomic E-state index is 4.09. The number of hydrogen-bond donors (Lipinski definition) is 0. The van der Waals surface area contributed by atoms with Crippen molar-refractivity contribution in [1.29, 1.82) is 0 Å². The SMILES string of the molecule is Brc1ccc(-c2nnnn2Cc2ccccc2)s1. The topological polar surface area (TPSA) is 43.6 Å². The molecule has 0 saturated carbocycles. The minimum atomic E-state index is 0.679. The zero-order chi connectivity index (χ0) is 12.4. The summed E-state index contributed by atoms with van der Waals surface area (Å²) in [6, 6.07) is 14.2. The zero-order valence-electron chi connectivity index (χ0n) is 9.32. The van der Waals surface area contributed by atoms with Crippen LogP contribution in [0.3, 0.4) is 0 Å². The summed E-state index contributed by atoms with van der Waals surface area (Å²) >= 11 is 5.07. The first-order valence-corrected chi connectivity index (χ1v) is 7.00. The molecule has 0 spiro atoms. The molecule has 0 saturated heterocycles. The highest BCUT2D eigenvalue weighted by Gasteiger charge is 2.11. The second kappa shape index (κ2) is 4.99. The van der Waals surface area contributed by atoms with E-state index < -0.39 is 0 Å². The van der Waals surface area contributed by atoms with E-state index in [-0.39, 0.29) is 0 Å². The van der Waals surface area contributed by atoms with Crippen LogP contribution in [-0.4, -0.2) is 20.2 Å². The van der Waals surface area contributed by atoms with Gasteiger partial charge in [0.1, 0.15) is 0 Å². The molecule has 0 aliphatic carbocycles. The van der Waals surface area contributed by atoms with Crippen LogP contribution in [0.2, 0.25) is 0 Å². The molecule has 0 bridgehead atoms. The fraction of sp³-hybridized carbons (Fsp3) is 0.0833. The lowest BCUT2D eigenvalue weighted by Gasteiger charge is -2.02. The summed E-state index contributed by atoms with van der Waals surface area (Å²) < 4.78 is 2.89. The van der Waals surface area contributed by atoms with E-state index in [0.29, 0.717) is 6.54 Å². The highest BCUT2D eigenvalue weighted by Crippen LogP contribution is 2.29. The van der Waals surface area contributed by atoms with Crippen LogP contribution in [0.4, 0.5) is 0 Å². The summed E-state index contributed by atoms with van der Waals surface area (Å²) in [4.78, 5) is 1.06. The van der Waals surface area contributed by atoms with Crippen molar-refractivity contribution in [3.05, 3.63) is 51.8 Å². The van der Waals surface area contributed by atoms with Crippen LogP contribution in [0, 0.1) is 0 Å². The number of thiophene rings is 1. The van der Waals surface area contributed by atoms with Crippen LogP contribution >= 0.6 is 27.3 Å². The van der Waals surface area contributed by atoms with Gasteiger partial charge in [-0.25, -0.2) is 4.68 Å². The van der Waals surface area contributed by atoms with Gasteiger partial charge < -0.3 is 0 Å². The quantitative estimate of drug-likeness (QED) is 0.744. The van der Waals surface area contributed by atoms with Gasteiger partial charge >= 0.3 is 0 Å². The van der Waals surface area contributed by atoms with Gasteiger partial charge in [0.25, 0.3) is 0 Å². The summed E-state index contributed by atoms with van der Waals surface area (Å²) in [5, 5.41) is 11.9. The van der Waals surface area contributed by atoms with Crippen LogP contribution in [0.25, 0.3) is 10.7 Å². The predicted molar refractivity (Wildman–Crippen MR) is 74.4 cm³/mol. The minimum Gasteiger partial charge on any atom is -0.220 e. The highest BCUT2D eigenvalue weighted by molar-refractivity contribution is 9.11. The lowest BCUT2D eigenvalue weighted by atomic mass is 10.2.